The van der Waals surface area contributed by atoms with Gasteiger partial charge >= 0.3 is 0 Å². The van der Waals surface area contributed by atoms with Crippen LogP contribution in [0.15, 0.2) is 28.4 Å². The third kappa shape index (κ3) is 4.19. The largest absolute Gasteiger partial charge is 0.508 e. The first-order chi connectivity index (χ1) is 6.59. The molecule has 82 valence electrons. The van der Waals surface area contributed by atoms with Gasteiger partial charge in [-0.05, 0) is 12.1 Å². The van der Waals surface area contributed by atoms with Gasteiger partial charge in [0, 0.05) is 11.6 Å². The summed E-state index contributed by atoms with van der Waals surface area (Å²) in [6.45, 7) is 0. The normalized spacial score (nSPS) is 9.60. The molecule has 0 heterocycles. The van der Waals surface area contributed by atoms with Gasteiger partial charge in [0.25, 0.3) is 0 Å². The van der Waals surface area contributed by atoms with Crippen LogP contribution < -0.4 is 11.5 Å². The molecule has 0 bridgehead atoms. The molecule has 0 aromatic heterocycles. The molecule has 1 aromatic rings. The van der Waals surface area contributed by atoms with Crippen molar-refractivity contribution < 1.29 is 10.2 Å². The van der Waals surface area contributed by atoms with Crippen molar-refractivity contribution in [1.82, 2.24) is 0 Å². The summed E-state index contributed by atoms with van der Waals surface area (Å²) in [5.74, 6) is -0.291. The monoisotopic (exact) mass is 230 g/mol. The minimum atomic E-state index is -0.167. The Hall–Kier alpha value is -1.95. The van der Waals surface area contributed by atoms with Gasteiger partial charge in [-0.3, -0.25) is 0 Å². The highest BCUT2D eigenvalue weighted by molar-refractivity contribution is 5.85. The zero-order valence-electron chi connectivity index (χ0n) is 7.66. The van der Waals surface area contributed by atoms with Gasteiger partial charge in [0.1, 0.15) is 11.5 Å². The summed E-state index contributed by atoms with van der Waals surface area (Å²) in [5, 5.41) is 25.1. The van der Waals surface area contributed by atoms with E-state index < -0.39 is 0 Å². The van der Waals surface area contributed by atoms with Gasteiger partial charge in [-0.25, -0.2) is 0 Å². The number of phenols is 2. The van der Waals surface area contributed by atoms with E-state index >= 15 is 0 Å². The van der Waals surface area contributed by atoms with E-state index in [9.17, 15) is 5.11 Å². The SMILES string of the molecule is Cl.NC(N)=N/N=C/c1ccc(O)cc1O. The maximum absolute atomic E-state index is 9.29. The summed E-state index contributed by atoms with van der Waals surface area (Å²) < 4.78 is 0. The van der Waals surface area contributed by atoms with Crippen LogP contribution in [0.4, 0.5) is 0 Å². The number of nitrogens with two attached hydrogens (primary N) is 2. The van der Waals surface area contributed by atoms with Crippen LogP contribution >= 0.6 is 12.4 Å². The van der Waals surface area contributed by atoms with Gasteiger partial charge in [0.2, 0.25) is 5.96 Å². The molecule has 15 heavy (non-hydrogen) atoms. The van der Waals surface area contributed by atoms with Crippen LogP contribution in [0.25, 0.3) is 0 Å². The fourth-order valence-electron chi connectivity index (χ4n) is 0.799. The van der Waals surface area contributed by atoms with E-state index in [-0.39, 0.29) is 29.9 Å². The Morgan fingerprint density at radius 2 is 1.93 bits per heavy atom. The van der Waals surface area contributed by atoms with Crippen LogP contribution in [0.5, 0.6) is 11.5 Å². The maximum atomic E-state index is 9.29. The van der Waals surface area contributed by atoms with E-state index in [4.69, 9.17) is 16.6 Å². The minimum absolute atomic E-state index is 0. The van der Waals surface area contributed by atoms with Gasteiger partial charge < -0.3 is 21.7 Å². The number of hydrogen-bond acceptors (Lipinski definition) is 4. The predicted molar refractivity (Wildman–Crippen MR) is 60.4 cm³/mol. The molecule has 0 saturated carbocycles. The molecule has 0 unspecified atom stereocenters. The molecule has 0 aliphatic carbocycles. The van der Waals surface area contributed by atoms with Crippen LogP contribution in [0.2, 0.25) is 0 Å². The lowest BCUT2D eigenvalue weighted by Crippen LogP contribution is -2.21. The molecule has 7 heteroatoms. The first kappa shape index (κ1) is 13.1. The van der Waals surface area contributed by atoms with Crippen molar-refractivity contribution in [2.75, 3.05) is 0 Å². The Morgan fingerprint density at radius 3 is 2.47 bits per heavy atom. The average molecular weight is 231 g/mol. The summed E-state index contributed by atoms with van der Waals surface area (Å²) in [5.41, 5.74) is 10.5. The molecule has 0 aliphatic rings. The van der Waals surface area contributed by atoms with Crippen LogP contribution in [0.1, 0.15) is 5.56 Å². The molecule has 6 nitrogen and oxygen atoms in total. The van der Waals surface area contributed by atoms with Crippen molar-refractivity contribution in [1.29, 1.82) is 0 Å². The quantitative estimate of drug-likeness (QED) is 0.328. The second-order valence-electron chi connectivity index (χ2n) is 2.51. The highest BCUT2D eigenvalue weighted by Gasteiger charge is 1.98. The van der Waals surface area contributed by atoms with Crippen molar-refractivity contribution in [2.45, 2.75) is 0 Å². The molecule has 6 N–H and O–H groups in total. The zero-order chi connectivity index (χ0) is 10.6. The molecule has 0 spiro atoms. The molecule has 0 fully saturated rings. The van der Waals surface area contributed by atoms with Crippen molar-refractivity contribution in [2.24, 2.45) is 21.7 Å². The lowest BCUT2D eigenvalue weighted by Gasteiger charge is -1.97. The number of benzene rings is 1. The number of rotatable bonds is 2. The summed E-state index contributed by atoms with van der Waals surface area (Å²) in [6, 6.07) is 4.09. The smallest absolute Gasteiger partial charge is 0.211 e. The van der Waals surface area contributed by atoms with E-state index in [0.717, 1.165) is 0 Å². The standard InChI is InChI=1S/C8H10N4O2.ClH/c9-8(10)12-11-4-5-1-2-6(13)3-7(5)14;/h1-4,13-14H,(H4,9,10,12);1H/b11-4+;. The van der Waals surface area contributed by atoms with Gasteiger partial charge in [-0.15, -0.1) is 17.5 Å². The number of halogens is 1. The fourth-order valence-corrected chi connectivity index (χ4v) is 0.799. The van der Waals surface area contributed by atoms with Crippen molar-refractivity contribution in [3.8, 4) is 11.5 Å². The van der Waals surface area contributed by atoms with Crippen molar-refractivity contribution in [3.05, 3.63) is 23.8 Å². The van der Waals surface area contributed by atoms with E-state index in [2.05, 4.69) is 10.2 Å². The van der Waals surface area contributed by atoms with Crippen molar-refractivity contribution >= 4 is 24.6 Å². The molecule has 0 atom stereocenters. The third-order valence-electron chi connectivity index (χ3n) is 1.38. The summed E-state index contributed by atoms with van der Waals surface area (Å²) in [7, 11) is 0. The lowest BCUT2D eigenvalue weighted by molar-refractivity contribution is 0.450. The Morgan fingerprint density at radius 1 is 1.27 bits per heavy atom. The molecule has 1 aromatic carbocycles. The van der Waals surface area contributed by atoms with E-state index in [1.54, 1.807) is 0 Å². The number of nitrogens with zero attached hydrogens (tertiary/aromatic N) is 2. The molecule has 1 rings (SSSR count). The fraction of sp³-hybridized carbons (Fsp3) is 0. The zero-order valence-corrected chi connectivity index (χ0v) is 8.48. The topological polar surface area (TPSA) is 117 Å². The number of phenolic OH excluding ortho intramolecular Hbond substituents is 2. The number of hydrogen-bond donors (Lipinski definition) is 4. The Kier molecular flexibility index (Phi) is 4.97. The predicted octanol–water partition coefficient (Wildman–Crippen LogP) is 0.127. The van der Waals surface area contributed by atoms with E-state index in [0.29, 0.717) is 5.56 Å². The first-order valence-corrected chi connectivity index (χ1v) is 3.73. The van der Waals surface area contributed by atoms with E-state index in [1.807, 2.05) is 0 Å². The lowest BCUT2D eigenvalue weighted by atomic mass is 10.2. The average Bonchev–Trinajstić information content (AvgIpc) is 2.08. The number of aromatic hydroxyl groups is 2. The van der Waals surface area contributed by atoms with Gasteiger partial charge in [-0.2, -0.15) is 5.10 Å². The van der Waals surface area contributed by atoms with Crippen LogP contribution in [0, 0.1) is 0 Å². The van der Waals surface area contributed by atoms with Gasteiger partial charge in [-0.1, -0.05) is 0 Å². The first-order valence-electron chi connectivity index (χ1n) is 3.73. The highest BCUT2D eigenvalue weighted by atomic mass is 35.5. The maximum Gasteiger partial charge on any atom is 0.211 e. The Labute approximate surface area is 92.3 Å². The van der Waals surface area contributed by atoms with Crippen molar-refractivity contribution in [3.63, 3.8) is 0 Å². The second-order valence-corrected chi connectivity index (χ2v) is 2.51. The highest BCUT2D eigenvalue weighted by Crippen LogP contribution is 2.20. The summed E-state index contributed by atoms with van der Waals surface area (Å²) >= 11 is 0. The summed E-state index contributed by atoms with van der Waals surface area (Å²) in [4.78, 5) is 0. The molecule has 0 aliphatic heterocycles. The van der Waals surface area contributed by atoms with Crippen LogP contribution in [0.3, 0.4) is 0 Å². The molecule has 0 radical (unpaired) electrons. The molecule has 0 amide bonds. The second kappa shape index (κ2) is 5.71. The molecular weight excluding hydrogens is 220 g/mol. The Balaban J connectivity index is 0.00000196. The van der Waals surface area contributed by atoms with Crippen LogP contribution in [-0.4, -0.2) is 22.4 Å². The van der Waals surface area contributed by atoms with Gasteiger partial charge in [0.05, 0.1) is 6.21 Å². The van der Waals surface area contributed by atoms with E-state index in [1.165, 1.54) is 24.4 Å². The minimum Gasteiger partial charge on any atom is -0.508 e. The van der Waals surface area contributed by atoms with Gasteiger partial charge in [0.15, 0.2) is 0 Å². The third-order valence-corrected chi connectivity index (χ3v) is 1.38. The Bertz CT molecular complexity index is 388. The van der Waals surface area contributed by atoms with Crippen LogP contribution in [-0.2, 0) is 0 Å². The summed E-state index contributed by atoms with van der Waals surface area (Å²) in [6.07, 6.45) is 1.27. The number of guanidine groups is 1. The molecule has 0 saturated heterocycles. The molecular formula is C8H11ClN4O2.